The highest BCUT2D eigenvalue weighted by Gasteiger charge is 2.61. The predicted octanol–water partition coefficient (Wildman–Crippen LogP) is 2.10. The molecule has 3 unspecified atom stereocenters. The maximum absolute atomic E-state index is 12.3. The van der Waals surface area contributed by atoms with Crippen LogP contribution in [0.1, 0.15) is 16.7 Å². The van der Waals surface area contributed by atoms with E-state index >= 15 is 0 Å². The van der Waals surface area contributed by atoms with Crippen LogP contribution in [0.15, 0.2) is 91.0 Å². The molecule has 0 saturated heterocycles. The highest BCUT2D eigenvalue weighted by molar-refractivity contribution is 5.67. The Balaban J connectivity index is 2.11. The van der Waals surface area contributed by atoms with Crippen molar-refractivity contribution in [2.45, 2.75) is 36.1 Å². The van der Waals surface area contributed by atoms with Crippen LogP contribution in [-0.4, -0.2) is 50.1 Å². The van der Waals surface area contributed by atoms with Gasteiger partial charge in [-0.25, -0.2) is 0 Å². The Morgan fingerprint density at radius 1 is 0.613 bits per heavy atom. The molecule has 0 fully saturated rings. The molecule has 0 aliphatic carbocycles. The summed E-state index contributed by atoms with van der Waals surface area (Å²) >= 11 is 0. The summed E-state index contributed by atoms with van der Waals surface area (Å²) in [5.74, 6) is 0. The first-order valence-corrected chi connectivity index (χ1v) is 10.2. The molecule has 0 radical (unpaired) electrons. The molecule has 162 valence electrons. The van der Waals surface area contributed by atoms with E-state index in [0.29, 0.717) is 16.7 Å². The van der Waals surface area contributed by atoms with Crippen molar-refractivity contribution < 1.29 is 25.2 Å². The molecule has 0 amide bonds. The molecule has 0 spiro atoms. The van der Waals surface area contributed by atoms with E-state index in [-0.39, 0.29) is 25.5 Å². The maximum Gasteiger partial charge on any atom is 0.155 e. The number of aldehydes is 1. The molecule has 0 bridgehead atoms. The summed E-state index contributed by atoms with van der Waals surface area (Å²) in [7, 11) is 0. The van der Waals surface area contributed by atoms with E-state index in [0.717, 1.165) is 0 Å². The van der Waals surface area contributed by atoms with Gasteiger partial charge in [0.2, 0.25) is 0 Å². The van der Waals surface area contributed by atoms with Crippen molar-refractivity contribution in [3.63, 3.8) is 0 Å². The third-order valence-electron chi connectivity index (χ3n) is 5.90. The fraction of sp³-hybridized carbons (Fsp3) is 0.269. The zero-order valence-corrected chi connectivity index (χ0v) is 17.3. The largest absolute Gasteiger partial charge is 0.393 e. The van der Waals surface area contributed by atoms with Gasteiger partial charge < -0.3 is 25.2 Å². The first-order valence-electron chi connectivity index (χ1n) is 10.2. The highest BCUT2D eigenvalue weighted by Crippen LogP contribution is 2.39. The van der Waals surface area contributed by atoms with Gasteiger partial charge in [-0.2, -0.15) is 0 Å². The Hall–Kier alpha value is -2.83. The van der Waals surface area contributed by atoms with Crippen LogP contribution >= 0.6 is 0 Å². The second-order valence-corrected chi connectivity index (χ2v) is 8.08. The minimum Gasteiger partial charge on any atom is -0.393 e. The van der Waals surface area contributed by atoms with Gasteiger partial charge in [-0.3, -0.25) is 0 Å². The van der Waals surface area contributed by atoms with Crippen LogP contribution in [0.2, 0.25) is 0 Å². The Morgan fingerprint density at radius 3 is 1.39 bits per heavy atom. The molecule has 0 saturated carbocycles. The summed E-state index contributed by atoms with van der Waals surface area (Å²) in [6, 6.07) is 26.5. The lowest BCUT2D eigenvalue weighted by Crippen LogP contribution is -2.72. The van der Waals surface area contributed by atoms with Crippen molar-refractivity contribution >= 4 is 6.29 Å². The monoisotopic (exact) mass is 420 g/mol. The SMILES string of the molecule is O=CC(O)(Cc1ccccc1)C(O)(Cc1ccccc1)C(O)(CO)Cc1ccccc1. The number of rotatable bonds is 10. The van der Waals surface area contributed by atoms with Crippen molar-refractivity contribution in [2.75, 3.05) is 6.61 Å². The molecular formula is C26H28O5. The van der Waals surface area contributed by atoms with E-state index in [1.165, 1.54) is 0 Å². The molecule has 0 heterocycles. The molecule has 0 aliphatic heterocycles. The van der Waals surface area contributed by atoms with Crippen molar-refractivity contribution in [1.29, 1.82) is 0 Å². The Kier molecular flexibility index (Phi) is 7.03. The standard InChI is InChI=1S/C26H28O5/c27-19-24(29,16-21-10-4-1-5-11-21)26(31,18-23-14-8-3-9-15-23)25(30,20-28)17-22-12-6-2-7-13-22/h1-15,19,28-31H,16-18,20H2. The van der Waals surface area contributed by atoms with Crippen molar-refractivity contribution in [2.24, 2.45) is 0 Å². The lowest BCUT2D eigenvalue weighted by Gasteiger charge is -2.50. The van der Waals surface area contributed by atoms with Crippen LogP contribution in [-0.2, 0) is 24.1 Å². The van der Waals surface area contributed by atoms with Crippen LogP contribution < -0.4 is 0 Å². The van der Waals surface area contributed by atoms with Crippen LogP contribution in [0.5, 0.6) is 0 Å². The number of aliphatic hydroxyl groups excluding tert-OH is 1. The smallest absolute Gasteiger partial charge is 0.155 e. The molecular weight excluding hydrogens is 392 g/mol. The van der Waals surface area contributed by atoms with E-state index in [1.54, 1.807) is 84.9 Å². The van der Waals surface area contributed by atoms with Crippen molar-refractivity contribution in [1.82, 2.24) is 0 Å². The quantitative estimate of drug-likeness (QED) is 0.377. The van der Waals surface area contributed by atoms with E-state index in [2.05, 4.69) is 0 Å². The van der Waals surface area contributed by atoms with Crippen LogP contribution in [0.4, 0.5) is 0 Å². The first-order chi connectivity index (χ1) is 14.9. The number of aliphatic hydroxyl groups is 4. The average molecular weight is 421 g/mol. The van der Waals surface area contributed by atoms with E-state index in [4.69, 9.17) is 0 Å². The Morgan fingerprint density at radius 2 is 1.00 bits per heavy atom. The maximum atomic E-state index is 12.3. The molecule has 3 atom stereocenters. The minimum atomic E-state index is -2.39. The summed E-state index contributed by atoms with van der Waals surface area (Å²) in [5.41, 5.74) is -5.07. The highest BCUT2D eigenvalue weighted by atomic mass is 16.4. The van der Waals surface area contributed by atoms with Gasteiger partial charge in [0.25, 0.3) is 0 Å². The summed E-state index contributed by atoms with van der Waals surface area (Å²) in [4.78, 5) is 12.3. The fourth-order valence-corrected chi connectivity index (χ4v) is 4.07. The van der Waals surface area contributed by atoms with Gasteiger partial charge in [0.05, 0.1) is 6.61 Å². The third kappa shape index (κ3) is 4.75. The minimum absolute atomic E-state index is 0.154. The fourth-order valence-electron chi connectivity index (χ4n) is 4.07. The zero-order chi connectivity index (χ0) is 22.4. The van der Waals surface area contributed by atoms with Gasteiger partial charge in [-0.15, -0.1) is 0 Å². The molecule has 31 heavy (non-hydrogen) atoms. The second-order valence-electron chi connectivity index (χ2n) is 8.08. The number of carbonyl (C=O) groups excluding carboxylic acids is 1. The molecule has 4 N–H and O–H groups in total. The van der Waals surface area contributed by atoms with Gasteiger partial charge in [0.15, 0.2) is 11.9 Å². The Bertz CT molecular complexity index is 963. The summed E-state index contributed by atoms with van der Waals surface area (Å²) < 4.78 is 0. The lowest BCUT2D eigenvalue weighted by molar-refractivity contribution is -0.244. The third-order valence-corrected chi connectivity index (χ3v) is 5.90. The van der Waals surface area contributed by atoms with Gasteiger partial charge in [-0.1, -0.05) is 91.0 Å². The van der Waals surface area contributed by atoms with Gasteiger partial charge >= 0.3 is 0 Å². The van der Waals surface area contributed by atoms with E-state index < -0.39 is 23.4 Å². The molecule has 3 aromatic rings. The average Bonchev–Trinajstić information content (AvgIpc) is 2.80. The van der Waals surface area contributed by atoms with E-state index in [9.17, 15) is 25.2 Å². The van der Waals surface area contributed by atoms with Crippen molar-refractivity contribution in [3.8, 4) is 0 Å². The molecule has 5 nitrogen and oxygen atoms in total. The van der Waals surface area contributed by atoms with E-state index in [1.807, 2.05) is 6.07 Å². The number of hydrogen-bond acceptors (Lipinski definition) is 5. The van der Waals surface area contributed by atoms with Crippen LogP contribution in [0.3, 0.4) is 0 Å². The normalized spacial score (nSPS) is 17.2. The molecule has 0 aromatic heterocycles. The second kappa shape index (κ2) is 9.54. The van der Waals surface area contributed by atoms with Gasteiger partial charge in [-0.05, 0) is 16.7 Å². The van der Waals surface area contributed by atoms with Gasteiger partial charge in [0.1, 0.15) is 11.2 Å². The molecule has 5 heteroatoms. The van der Waals surface area contributed by atoms with Crippen LogP contribution in [0, 0.1) is 0 Å². The summed E-state index contributed by atoms with van der Waals surface area (Å²) in [6.45, 7) is -0.851. The topological polar surface area (TPSA) is 98.0 Å². The molecule has 0 aliphatic rings. The zero-order valence-electron chi connectivity index (χ0n) is 17.3. The van der Waals surface area contributed by atoms with Crippen molar-refractivity contribution in [3.05, 3.63) is 108 Å². The van der Waals surface area contributed by atoms with Crippen LogP contribution in [0.25, 0.3) is 0 Å². The number of hydrogen-bond donors (Lipinski definition) is 4. The summed E-state index contributed by atoms with van der Waals surface area (Å²) in [5, 5.41) is 45.3. The molecule has 3 rings (SSSR count). The summed E-state index contributed by atoms with van der Waals surface area (Å²) in [6.07, 6.45) is -0.343. The predicted molar refractivity (Wildman–Crippen MR) is 118 cm³/mol. The van der Waals surface area contributed by atoms with Gasteiger partial charge in [0, 0.05) is 19.3 Å². The molecule has 3 aromatic carbocycles. The number of carbonyl (C=O) groups is 1. The first kappa shape index (κ1) is 22.8. The number of benzene rings is 3. The Labute approximate surface area is 182 Å². The lowest BCUT2D eigenvalue weighted by atomic mass is 9.64.